The first-order chi connectivity index (χ1) is 7.91. The van der Waals surface area contributed by atoms with Crippen LogP contribution in [0.5, 0.6) is 0 Å². The first-order valence-electron chi connectivity index (χ1n) is 5.43. The van der Waals surface area contributed by atoms with E-state index < -0.39 is 0 Å². The molecule has 4 heteroatoms. The van der Waals surface area contributed by atoms with Crippen LogP contribution in [0.3, 0.4) is 0 Å². The lowest BCUT2D eigenvalue weighted by molar-refractivity contribution is -0.383. The van der Waals surface area contributed by atoms with Crippen LogP contribution in [-0.4, -0.2) is 9.91 Å². The van der Waals surface area contributed by atoms with Crippen LogP contribution in [0.25, 0.3) is 10.8 Å². The molecular weight excluding hydrogens is 216 g/mol. The van der Waals surface area contributed by atoms with Crippen molar-refractivity contribution < 1.29 is 4.92 Å². The quantitative estimate of drug-likeness (QED) is 0.557. The van der Waals surface area contributed by atoms with E-state index >= 15 is 0 Å². The van der Waals surface area contributed by atoms with E-state index in [0.717, 1.165) is 10.9 Å². The molecular formula is C13H14N2O2. The number of pyridine rings is 1. The smallest absolute Gasteiger partial charge is 0.264 e. The van der Waals surface area contributed by atoms with Crippen LogP contribution in [0.15, 0.2) is 30.6 Å². The molecule has 0 atom stereocenters. The van der Waals surface area contributed by atoms with Gasteiger partial charge in [-0.1, -0.05) is 26.8 Å². The van der Waals surface area contributed by atoms with Crippen molar-refractivity contribution in [1.82, 2.24) is 4.98 Å². The summed E-state index contributed by atoms with van der Waals surface area (Å²) in [5.74, 6) is 0. The number of hydrogen-bond donors (Lipinski definition) is 0. The van der Waals surface area contributed by atoms with Crippen molar-refractivity contribution in [3.05, 3.63) is 46.3 Å². The summed E-state index contributed by atoms with van der Waals surface area (Å²) in [6.45, 7) is 6.25. The Morgan fingerprint density at radius 3 is 2.47 bits per heavy atom. The summed E-state index contributed by atoms with van der Waals surface area (Å²) >= 11 is 0. The lowest BCUT2D eigenvalue weighted by Crippen LogP contribution is -2.12. The number of nitro groups is 1. The standard InChI is InChI=1S/C13H14N2O2/c1-13(2,3)11-4-5-12(15(16)17)9-6-7-14-8-10(9)11/h4-8H,1-3H3. The summed E-state index contributed by atoms with van der Waals surface area (Å²) in [6.07, 6.45) is 3.28. The van der Waals surface area contributed by atoms with Gasteiger partial charge in [-0.2, -0.15) is 0 Å². The van der Waals surface area contributed by atoms with Gasteiger partial charge in [0.2, 0.25) is 0 Å². The summed E-state index contributed by atoms with van der Waals surface area (Å²) < 4.78 is 0. The molecule has 0 saturated heterocycles. The van der Waals surface area contributed by atoms with E-state index in [9.17, 15) is 10.1 Å². The third kappa shape index (κ3) is 1.98. The molecule has 0 saturated carbocycles. The van der Waals surface area contributed by atoms with E-state index in [0.29, 0.717) is 5.39 Å². The highest BCUT2D eigenvalue weighted by Gasteiger charge is 2.21. The number of hydrogen-bond acceptors (Lipinski definition) is 3. The van der Waals surface area contributed by atoms with Gasteiger partial charge in [0, 0.05) is 23.8 Å². The molecule has 0 bridgehead atoms. The molecule has 17 heavy (non-hydrogen) atoms. The molecule has 0 aliphatic rings. The Bertz CT molecular complexity index is 585. The third-order valence-corrected chi connectivity index (χ3v) is 2.80. The van der Waals surface area contributed by atoms with Crippen molar-refractivity contribution in [2.24, 2.45) is 0 Å². The molecule has 1 aromatic heterocycles. The Morgan fingerprint density at radius 2 is 1.88 bits per heavy atom. The van der Waals surface area contributed by atoms with Gasteiger partial charge in [0.25, 0.3) is 5.69 Å². The van der Waals surface area contributed by atoms with E-state index in [1.54, 1.807) is 24.5 Å². The molecule has 0 N–H and O–H groups in total. The molecule has 1 heterocycles. The van der Waals surface area contributed by atoms with Crippen molar-refractivity contribution in [3.8, 4) is 0 Å². The maximum atomic E-state index is 11.0. The lowest BCUT2D eigenvalue weighted by atomic mass is 9.84. The largest absolute Gasteiger partial charge is 0.277 e. The van der Waals surface area contributed by atoms with Gasteiger partial charge in [0.05, 0.1) is 10.3 Å². The van der Waals surface area contributed by atoms with Crippen LogP contribution >= 0.6 is 0 Å². The molecule has 2 rings (SSSR count). The molecule has 4 nitrogen and oxygen atoms in total. The first kappa shape index (κ1) is 11.5. The van der Waals surface area contributed by atoms with Gasteiger partial charge in [-0.05, 0) is 17.0 Å². The van der Waals surface area contributed by atoms with Crippen molar-refractivity contribution in [2.45, 2.75) is 26.2 Å². The van der Waals surface area contributed by atoms with E-state index in [2.05, 4.69) is 25.8 Å². The van der Waals surface area contributed by atoms with Crippen LogP contribution in [-0.2, 0) is 5.41 Å². The monoisotopic (exact) mass is 230 g/mol. The number of benzene rings is 1. The van der Waals surface area contributed by atoms with Crippen LogP contribution in [0, 0.1) is 10.1 Å². The fraction of sp³-hybridized carbons (Fsp3) is 0.308. The van der Waals surface area contributed by atoms with E-state index in [4.69, 9.17) is 0 Å². The number of rotatable bonds is 1. The van der Waals surface area contributed by atoms with Gasteiger partial charge >= 0.3 is 0 Å². The summed E-state index contributed by atoms with van der Waals surface area (Å²) in [5, 5.41) is 12.5. The second kappa shape index (κ2) is 3.80. The third-order valence-electron chi connectivity index (χ3n) is 2.80. The second-order valence-electron chi connectivity index (χ2n) is 5.06. The zero-order valence-electron chi connectivity index (χ0n) is 10.1. The van der Waals surface area contributed by atoms with Gasteiger partial charge in [0.1, 0.15) is 0 Å². The van der Waals surface area contributed by atoms with Crippen LogP contribution < -0.4 is 0 Å². The lowest BCUT2D eigenvalue weighted by Gasteiger charge is -2.20. The molecule has 0 aliphatic heterocycles. The predicted molar refractivity (Wildman–Crippen MR) is 67.1 cm³/mol. The second-order valence-corrected chi connectivity index (χ2v) is 5.06. The minimum atomic E-state index is -0.352. The van der Waals surface area contributed by atoms with Gasteiger partial charge in [-0.15, -0.1) is 0 Å². The minimum absolute atomic E-state index is 0.0591. The van der Waals surface area contributed by atoms with Crippen molar-refractivity contribution >= 4 is 16.5 Å². The predicted octanol–water partition coefficient (Wildman–Crippen LogP) is 3.44. The number of non-ortho nitro benzene ring substituents is 1. The fourth-order valence-electron chi connectivity index (χ4n) is 1.99. The van der Waals surface area contributed by atoms with Gasteiger partial charge < -0.3 is 0 Å². The van der Waals surface area contributed by atoms with Gasteiger partial charge in [0.15, 0.2) is 0 Å². The Hall–Kier alpha value is -1.97. The SMILES string of the molecule is CC(C)(C)c1ccc([N+](=O)[O-])c2ccncc12. The Labute approximate surface area is 99.4 Å². The number of aromatic nitrogens is 1. The summed E-state index contributed by atoms with van der Waals surface area (Å²) in [7, 11) is 0. The summed E-state index contributed by atoms with van der Waals surface area (Å²) in [5.41, 5.74) is 1.15. The zero-order chi connectivity index (χ0) is 12.6. The van der Waals surface area contributed by atoms with Crippen LogP contribution in [0.1, 0.15) is 26.3 Å². The fourth-order valence-corrected chi connectivity index (χ4v) is 1.99. The van der Waals surface area contributed by atoms with Crippen LogP contribution in [0.4, 0.5) is 5.69 Å². The Balaban J connectivity index is 2.85. The summed E-state index contributed by atoms with van der Waals surface area (Å²) in [6, 6.07) is 5.09. The van der Waals surface area contributed by atoms with Crippen molar-refractivity contribution in [1.29, 1.82) is 0 Å². The molecule has 0 amide bonds. The van der Waals surface area contributed by atoms with Crippen LogP contribution in [0.2, 0.25) is 0 Å². The molecule has 0 unspecified atom stereocenters. The normalized spacial score (nSPS) is 11.7. The molecule has 88 valence electrons. The van der Waals surface area contributed by atoms with Gasteiger partial charge in [-0.3, -0.25) is 15.1 Å². The number of nitro benzene ring substituents is 1. The maximum absolute atomic E-state index is 11.0. The molecule has 1 aromatic carbocycles. The van der Waals surface area contributed by atoms with E-state index in [1.165, 1.54) is 0 Å². The Morgan fingerprint density at radius 1 is 1.18 bits per heavy atom. The molecule has 0 spiro atoms. The summed E-state index contributed by atoms with van der Waals surface area (Å²) in [4.78, 5) is 14.7. The van der Waals surface area contributed by atoms with E-state index in [1.807, 2.05) is 6.07 Å². The highest BCUT2D eigenvalue weighted by molar-refractivity contribution is 5.93. The highest BCUT2D eigenvalue weighted by atomic mass is 16.6. The average Bonchev–Trinajstić information content (AvgIpc) is 2.26. The molecule has 0 radical (unpaired) electrons. The molecule has 0 aliphatic carbocycles. The highest BCUT2D eigenvalue weighted by Crippen LogP contribution is 2.34. The van der Waals surface area contributed by atoms with Gasteiger partial charge in [-0.25, -0.2) is 0 Å². The molecule has 0 fully saturated rings. The topological polar surface area (TPSA) is 56.0 Å². The average molecular weight is 230 g/mol. The minimum Gasteiger partial charge on any atom is -0.264 e. The van der Waals surface area contributed by atoms with Crippen molar-refractivity contribution in [3.63, 3.8) is 0 Å². The van der Waals surface area contributed by atoms with E-state index in [-0.39, 0.29) is 16.0 Å². The molecule has 2 aromatic rings. The zero-order valence-corrected chi connectivity index (χ0v) is 10.1. The maximum Gasteiger partial charge on any atom is 0.277 e. The first-order valence-corrected chi connectivity index (χ1v) is 5.43. The number of fused-ring (bicyclic) bond motifs is 1. The number of nitrogens with zero attached hydrogens (tertiary/aromatic N) is 2. The Kier molecular flexibility index (Phi) is 2.58. The van der Waals surface area contributed by atoms with Crippen molar-refractivity contribution in [2.75, 3.05) is 0 Å².